The van der Waals surface area contributed by atoms with Crippen LogP contribution in [-0.4, -0.2) is 26.0 Å². The molecule has 3 rings (SSSR count). The van der Waals surface area contributed by atoms with E-state index in [-0.39, 0.29) is 11.5 Å². The van der Waals surface area contributed by atoms with Gasteiger partial charge in [0.05, 0.1) is 22.6 Å². The largest absolute Gasteiger partial charge is 0.478 e. The predicted octanol–water partition coefficient (Wildman–Crippen LogP) is 2.48. The first-order chi connectivity index (χ1) is 9.65. The van der Waals surface area contributed by atoms with Crippen molar-refractivity contribution >= 4 is 23.3 Å². The zero-order valence-corrected chi connectivity index (χ0v) is 11.0. The van der Waals surface area contributed by atoms with E-state index in [0.29, 0.717) is 17.1 Å². The molecule has 0 saturated carbocycles. The molecule has 6 nitrogen and oxygen atoms in total. The summed E-state index contributed by atoms with van der Waals surface area (Å²) in [4.78, 5) is 22.3. The monoisotopic (exact) mass is 286 g/mol. The number of hydrogen-bond donors (Lipinski definition) is 3. The number of aromatic amines is 1. The van der Waals surface area contributed by atoms with Crippen molar-refractivity contribution in [3.05, 3.63) is 40.7 Å². The SMILES string of the molecule is Nc1nccc(-c2cc(C(=O)O)c(-c3ccsc3)[nH]2)n1. The van der Waals surface area contributed by atoms with Gasteiger partial charge >= 0.3 is 5.97 Å². The number of nitrogens with two attached hydrogens (primary N) is 1. The second-order valence-electron chi connectivity index (χ2n) is 4.09. The minimum absolute atomic E-state index is 0.144. The van der Waals surface area contributed by atoms with Gasteiger partial charge in [0.1, 0.15) is 0 Å². The molecule has 3 heterocycles. The van der Waals surface area contributed by atoms with Crippen molar-refractivity contribution in [2.75, 3.05) is 5.73 Å². The highest BCUT2D eigenvalue weighted by Crippen LogP contribution is 2.29. The minimum atomic E-state index is -0.990. The van der Waals surface area contributed by atoms with Crippen molar-refractivity contribution in [1.82, 2.24) is 15.0 Å². The van der Waals surface area contributed by atoms with Gasteiger partial charge in [-0.25, -0.2) is 14.8 Å². The summed E-state index contributed by atoms with van der Waals surface area (Å²) in [6.45, 7) is 0. The second-order valence-corrected chi connectivity index (χ2v) is 4.87. The van der Waals surface area contributed by atoms with Gasteiger partial charge in [0.25, 0.3) is 0 Å². The molecule has 3 aromatic rings. The third kappa shape index (κ3) is 2.14. The highest BCUT2D eigenvalue weighted by Gasteiger charge is 2.17. The normalized spacial score (nSPS) is 10.6. The molecule has 0 unspecified atom stereocenters. The third-order valence-electron chi connectivity index (χ3n) is 2.81. The van der Waals surface area contributed by atoms with Crippen LogP contribution >= 0.6 is 11.3 Å². The maximum atomic E-state index is 11.4. The Kier molecular flexibility index (Phi) is 2.96. The fourth-order valence-electron chi connectivity index (χ4n) is 1.92. The molecular formula is C13H10N4O2S. The second kappa shape index (κ2) is 4.78. The number of carboxylic acid groups (broad SMARTS) is 1. The van der Waals surface area contributed by atoms with Crippen molar-refractivity contribution in [2.24, 2.45) is 0 Å². The van der Waals surface area contributed by atoms with Crippen molar-refractivity contribution < 1.29 is 9.90 Å². The number of nitrogens with one attached hydrogen (secondary N) is 1. The van der Waals surface area contributed by atoms with E-state index in [0.717, 1.165) is 5.56 Å². The summed E-state index contributed by atoms with van der Waals surface area (Å²) in [5.74, 6) is -0.846. The number of rotatable bonds is 3. The maximum Gasteiger partial charge on any atom is 0.337 e. The lowest BCUT2D eigenvalue weighted by molar-refractivity contribution is 0.0698. The van der Waals surface area contributed by atoms with Gasteiger partial charge in [0.2, 0.25) is 5.95 Å². The summed E-state index contributed by atoms with van der Waals surface area (Å²) < 4.78 is 0. The number of carbonyl (C=O) groups is 1. The zero-order chi connectivity index (χ0) is 14.1. The number of thiophene rings is 1. The van der Waals surface area contributed by atoms with Crippen molar-refractivity contribution in [3.63, 3.8) is 0 Å². The van der Waals surface area contributed by atoms with Gasteiger partial charge in [-0.1, -0.05) is 0 Å². The van der Waals surface area contributed by atoms with Gasteiger partial charge in [0, 0.05) is 17.1 Å². The van der Waals surface area contributed by atoms with Gasteiger partial charge in [-0.3, -0.25) is 0 Å². The molecule has 0 aromatic carbocycles. The first-order valence-electron chi connectivity index (χ1n) is 5.73. The Bertz CT molecular complexity index is 765. The lowest BCUT2D eigenvalue weighted by Gasteiger charge is -1.98. The molecular weight excluding hydrogens is 276 g/mol. The van der Waals surface area contributed by atoms with Crippen molar-refractivity contribution in [1.29, 1.82) is 0 Å². The highest BCUT2D eigenvalue weighted by molar-refractivity contribution is 7.08. The molecule has 20 heavy (non-hydrogen) atoms. The number of carboxylic acids is 1. The van der Waals surface area contributed by atoms with Crippen molar-refractivity contribution in [3.8, 4) is 22.6 Å². The molecule has 0 fully saturated rings. The molecule has 0 bridgehead atoms. The Hall–Kier alpha value is -2.67. The Labute approximate surface area is 117 Å². The molecule has 0 amide bonds. The number of aromatic nitrogens is 3. The smallest absolute Gasteiger partial charge is 0.337 e. The number of nitrogens with zero attached hydrogens (tertiary/aromatic N) is 2. The average molecular weight is 286 g/mol. The van der Waals surface area contributed by atoms with Crippen LogP contribution in [0.15, 0.2) is 35.2 Å². The molecule has 0 aliphatic rings. The first kappa shape index (κ1) is 12.4. The van der Waals surface area contributed by atoms with Crippen LogP contribution in [0, 0.1) is 0 Å². The van der Waals surface area contributed by atoms with E-state index in [2.05, 4.69) is 15.0 Å². The van der Waals surface area contributed by atoms with Crippen LogP contribution in [0.2, 0.25) is 0 Å². The Morgan fingerprint density at radius 1 is 1.40 bits per heavy atom. The van der Waals surface area contributed by atoms with E-state index in [9.17, 15) is 9.90 Å². The Balaban J connectivity index is 2.15. The van der Waals surface area contributed by atoms with Gasteiger partial charge < -0.3 is 15.8 Å². The lowest BCUT2D eigenvalue weighted by atomic mass is 10.1. The van der Waals surface area contributed by atoms with E-state index in [1.54, 1.807) is 12.1 Å². The molecule has 4 N–H and O–H groups in total. The number of aromatic carboxylic acids is 1. The standard InChI is InChI=1S/C13H10N4O2S/c14-13-15-3-1-9(17-13)10-5-8(12(18)19)11(16-10)7-2-4-20-6-7/h1-6,16H,(H,18,19)(H2,14,15,17). The number of H-pyrrole nitrogens is 1. The van der Waals surface area contributed by atoms with Crippen LogP contribution in [0.25, 0.3) is 22.6 Å². The Morgan fingerprint density at radius 2 is 2.25 bits per heavy atom. The highest BCUT2D eigenvalue weighted by atomic mass is 32.1. The van der Waals surface area contributed by atoms with Crippen LogP contribution in [0.1, 0.15) is 10.4 Å². The molecule has 0 aliphatic heterocycles. The molecule has 0 aliphatic carbocycles. The number of nitrogen functional groups attached to an aromatic ring is 1. The third-order valence-corrected chi connectivity index (χ3v) is 3.49. The molecule has 0 radical (unpaired) electrons. The van der Waals surface area contributed by atoms with E-state index < -0.39 is 5.97 Å². The summed E-state index contributed by atoms with van der Waals surface area (Å²) in [6, 6.07) is 5.09. The molecule has 0 atom stereocenters. The molecule has 0 spiro atoms. The minimum Gasteiger partial charge on any atom is -0.478 e. The number of anilines is 1. The summed E-state index contributed by atoms with van der Waals surface area (Å²) >= 11 is 1.50. The Morgan fingerprint density at radius 3 is 2.90 bits per heavy atom. The van der Waals surface area contributed by atoms with Gasteiger partial charge in [-0.15, -0.1) is 0 Å². The van der Waals surface area contributed by atoms with E-state index >= 15 is 0 Å². The van der Waals surface area contributed by atoms with Gasteiger partial charge in [-0.05, 0) is 23.6 Å². The molecule has 0 saturated heterocycles. The summed E-state index contributed by atoms with van der Waals surface area (Å²) in [7, 11) is 0. The van der Waals surface area contributed by atoms with E-state index in [1.165, 1.54) is 17.5 Å². The summed E-state index contributed by atoms with van der Waals surface area (Å²) in [6.07, 6.45) is 1.53. The van der Waals surface area contributed by atoms with Crippen LogP contribution in [0.5, 0.6) is 0 Å². The number of hydrogen-bond acceptors (Lipinski definition) is 5. The van der Waals surface area contributed by atoms with Crippen molar-refractivity contribution in [2.45, 2.75) is 0 Å². The quantitative estimate of drug-likeness (QED) is 0.686. The molecule has 7 heteroatoms. The van der Waals surface area contributed by atoms with Crippen LogP contribution in [0.4, 0.5) is 5.95 Å². The first-order valence-corrected chi connectivity index (χ1v) is 6.67. The fourth-order valence-corrected chi connectivity index (χ4v) is 2.57. The maximum absolute atomic E-state index is 11.4. The van der Waals surface area contributed by atoms with Crippen LogP contribution in [-0.2, 0) is 0 Å². The van der Waals surface area contributed by atoms with E-state index in [1.807, 2.05) is 16.8 Å². The molecule has 3 aromatic heterocycles. The summed E-state index contributed by atoms with van der Waals surface area (Å²) in [5, 5.41) is 13.1. The zero-order valence-electron chi connectivity index (χ0n) is 10.2. The van der Waals surface area contributed by atoms with Gasteiger partial charge in [-0.2, -0.15) is 11.3 Å². The fraction of sp³-hybridized carbons (Fsp3) is 0. The lowest BCUT2D eigenvalue weighted by Crippen LogP contribution is -1.95. The average Bonchev–Trinajstić information content (AvgIpc) is 3.08. The van der Waals surface area contributed by atoms with Crippen LogP contribution in [0.3, 0.4) is 0 Å². The van der Waals surface area contributed by atoms with Crippen LogP contribution < -0.4 is 5.73 Å². The van der Waals surface area contributed by atoms with Gasteiger partial charge in [0.15, 0.2) is 0 Å². The summed E-state index contributed by atoms with van der Waals surface area (Å²) in [5.41, 5.74) is 8.30. The van der Waals surface area contributed by atoms with E-state index in [4.69, 9.17) is 5.73 Å². The molecule has 100 valence electrons. The predicted molar refractivity (Wildman–Crippen MR) is 76.5 cm³/mol. The topological polar surface area (TPSA) is 105 Å².